The molecule has 0 spiro atoms. The van der Waals surface area contributed by atoms with Gasteiger partial charge < -0.3 is 30.1 Å². The molecule has 0 radical (unpaired) electrons. The van der Waals surface area contributed by atoms with Crippen LogP contribution in [0.1, 0.15) is 12.0 Å². The molecule has 1 unspecified atom stereocenters. The second-order valence-corrected chi connectivity index (χ2v) is 5.88. The molecule has 1 atom stereocenters. The zero-order chi connectivity index (χ0) is 19.1. The van der Waals surface area contributed by atoms with Crippen LogP contribution in [-0.4, -0.2) is 61.8 Å². The standard InChI is InChI=1S/C17H23N3O6/c1-25-13-4-3-11(7-14(13)26-2)9-19-17(24)18-5-6-20-10-12(16(22)23)8-15(20)21/h3-4,7,12H,5-6,8-10H2,1-2H3,(H,22,23)(H2,18,19,24). The second kappa shape index (κ2) is 8.93. The molecule has 0 aromatic heterocycles. The van der Waals surface area contributed by atoms with Crippen molar-refractivity contribution in [2.45, 2.75) is 13.0 Å². The molecule has 3 amide bonds. The van der Waals surface area contributed by atoms with Gasteiger partial charge >= 0.3 is 12.0 Å². The van der Waals surface area contributed by atoms with Crippen LogP contribution in [0.2, 0.25) is 0 Å². The Balaban J connectivity index is 1.73. The summed E-state index contributed by atoms with van der Waals surface area (Å²) in [5.41, 5.74) is 0.844. The normalized spacial score (nSPS) is 16.3. The van der Waals surface area contributed by atoms with Gasteiger partial charge in [0, 0.05) is 32.6 Å². The van der Waals surface area contributed by atoms with Gasteiger partial charge in [0.15, 0.2) is 11.5 Å². The highest BCUT2D eigenvalue weighted by atomic mass is 16.5. The van der Waals surface area contributed by atoms with Crippen LogP contribution in [-0.2, 0) is 16.1 Å². The third kappa shape index (κ3) is 5.01. The summed E-state index contributed by atoms with van der Waals surface area (Å²) in [4.78, 5) is 35.9. The lowest BCUT2D eigenvalue weighted by Crippen LogP contribution is -2.40. The number of aliphatic carboxylic acids is 1. The van der Waals surface area contributed by atoms with E-state index < -0.39 is 11.9 Å². The fourth-order valence-corrected chi connectivity index (χ4v) is 2.69. The van der Waals surface area contributed by atoms with E-state index >= 15 is 0 Å². The molecule has 9 heteroatoms. The fraction of sp³-hybridized carbons (Fsp3) is 0.471. The number of nitrogens with zero attached hydrogens (tertiary/aromatic N) is 1. The number of rotatable bonds is 8. The SMILES string of the molecule is COc1ccc(CNC(=O)NCCN2CC(C(=O)O)CC2=O)cc1OC. The quantitative estimate of drug-likeness (QED) is 0.615. The highest BCUT2D eigenvalue weighted by Crippen LogP contribution is 2.27. The lowest BCUT2D eigenvalue weighted by atomic mass is 10.1. The number of amides is 3. The third-order valence-electron chi connectivity index (χ3n) is 4.13. The lowest BCUT2D eigenvalue weighted by Gasteiger charge is -2.16. The molecule has 0 saturated carbocycles. The van der Waals surface area contributed by atoms with Crippen LogP contribution in [0.15, 0.2) is 18.2 Å². The van der Waals surface area contributed by atoms with Crippen molar-refractivity contribution in [3.8, 4) is 11.5 Å². The number of nitrogens with one attached hydrogen (secondary N) is 2. The number of carboxylic acid groups (broad SMARTS) is 1. The van der Waals surface area contributed by atoms with E-state index in [1.165, 1.54) is 12.0 Å². The Labute approximate surface area is 151 Å². The maximum Gasteiger partial charge on any atom is 0.315 e. The smallest absolute Gasteiger partial charge is 0.315 e. The molecule has 1 aliphatic rings. The van der Waals surface area contributed by atoms with Crippen molar-refractivity contribution in [1.29, 1.82) is 0 Å². The van der Waals surface area contributed by atoms with E-state index in [-0.39, 0.29) is 38.0 Å². The third-order valence-corrected chi connectivity index (χ3v) is 4.13. The van der Waals surface area contributed by atoms with Crippen LogP contribution in [0.4, 0.5) is 4.79 Å². The van der Waals surface area contributed by atoms with Crippen molar-refractivity contribution in [3.05, 3.63) is 23.8 Å². The van der Waals surface area contributed by atoms with E-state index in [1.54, 1.807) is 19.2 Å². The van der Waals surface area contributed by atoms with Gasteiger partial charge in [-0.2, -0.15) is 0 Å². The van der Waals surface area contributed by atoms with Gasteiger partial charge in [0.2, 0.25) is 5.91 Å². The van der Waals surface area contributed by atoms with E-state index in [0.717, 1.165) is 5.56 Å². The van der Waals surface area contributed by atoms with Crippen LogP contribution in [0.25, 0.3) is 0 Å². The Morgan fingerprint density at radius 2 is 1.96 bits per heavy atom. The van der Waals surface area contributed by atoms with Gasteiger partial charge in [0.05, 0.1) is 20.1 Å². The Bertz CT molecular complexity index is 678. The zero-order valence-corrected chi connectivity index (χ0v) is 14.8. The number of hydrogen-bond acceptors (Lipinski definition) is 5. The van der Waals surface area contributed by atoms with Gasteiger partial charge in [-0.3, -0.25) is 9.59 Å². The zero-order valence-electron chi connectivity index (χ0n) is 14.8. The van der Waals surface area contributed by atoms with Crippen LogP contribution in [0.5, 0.6) is 11.5 Å². The van der Waals surface area contributed by atoms with Crippen LogP contribution < -0.4 is 20.1 Å². The number of benzene rings is 1. The van der Waals surface area contributed by atoms with Gasteiger partial charge in [0.1, 0.15) is 0 Å². The van der Waals surface area contributed by atoms with Crippen molar-refractivity contribution >= 4 is 17.9 Å². The summed E-state index contributed by atoms with van der Waals surface area (Å²) in [6.45, 7) is 1.02. The largest absolute Gasteiger partial charge is 0.493 e. The maximum atomic E-state index is 11.8. The van der Waals surface area contributed by atoms with E-state index in [2.05, 4.69) is 10.6 Å². The van der Waals surface area contributed by atoms with Crippen molar-refractivity contribution in [2.24, 2.45) is 5.92 Å². The topological polar surface area (TPSA) is 117 Å². The minimum Gasteiger partial charge on any atom is -0.493 e. The molecule has 1 fully saturated rings. The minimum absolute atomic E-state index is 0.0147. The number of methoxy groups -OCH3 is 2. The number of carbonyl (C=O) groups is 3. The van der Waals surface area contributed by atoms with Crippen LogP contribution in [0, 0.1) is 5.92 Å². The fourth-order valence-electron chi connectivity index (χ4n) is 2.69. The first-order valence-corrected chi connectivity index (χ1v) is 8.17. The van der Waals surface area contributed by atoms with Crippen molar-refractivity contribution in [3.63, 3.8) is 0 Å². The van der Waals surface area contributed by atoms with Crippen LogP contribution >= 0.6 is 0 Å². The van der Waals surface area contributed by atoms with Gasteiger partial charge in [-0.1, -0.05) is 6.07 Å². The summed E-state index contributed by atoms with van der Waals surface area (Å²) < 4.78 is 10.4. The molecule has 0 aliphatic carbocycles. The molecular formula is C17H23N3O6. The van der Waals surface area contributed by atoms with E-state index in [0.29, 0.717) is 18.0 Å². The molecular weight excluding hydrogens is 342 g/mol. The summed E-state index contributed by atoms with van der Waals surface area (Å²) in [7, 11) is 3.09. The van der Waals surface area contributed by atoms with Gasteiger partial charge in [-0.25, -0.2) is 4.79 Å². The van der Waals surface area contributed by atoms with Gasteiger partial charge in [0.25, 0.3) is 0 Å². The summed E-state index contributed by atoms with van der Waals surface area (Å²) in [6, 6.07) is 4.97. The first kappa shape index (κ1) is 19.4. The van der Waals surface area contributed by atoms with Crippen molar-refractivity contribution in [2.75, 3.05) is 33.9 Å². The maximum absolute atomic E-state index is 11.8. The average Bonchev–Trinajstić information content (AvgIpc) is 3.01. The summed E-state index contributed by atoms with van der Waals surface area (Å²) in [5, 5.41) is 14.3. The predicted molar refractivity (Wildman–Crippen MR) is 92.1 cm³/mol. The molecule has 2 rings (SSSR count). The van der Waals surface area contributed by atoms with Crippen molar-refractivity contribution in [1.82, 2.24) is 15.5 Å². The molecule has 0 bridgehead atoms. The number of urea groups is 1. The summed E-state index contributed by atoms with van der Waals surface area (Å²) in [5.74, 6) is -0.656. The number of carboxylic acids is 1. The number of ether oxygens (including phenoxy) is 2. The van der Waals surface area contributed by atoms with Gasteiger partial charge in [-0.05, 0) is 17.7 Å². The molecule has 26 heavy (non-hydrogen) atoms. The molecule has 1 saturated heterocycles. The molecule has 9 nitrogen and oxygen atoms in total. The minimum atomic E-state index is -0.971. The highest BCUT2D eigenvalue weighted by Gasteiger charge is 2.33. The number of likely N-dealkylation sites (tertiary alicyclic amines) is 1. The first-order valence-electron chi connectivity index (χ1n) is 8.17. The van der Waals surface area contributed by atoms with Gasteiger partial charge in [-0.15, -0.1) is 0 Å². The molecule has 1 heterocycles. The average molecular weight is 365 g/mol. The number of hydrogen-bond donors (Lipinski definition) is 3. The van der Waals surface area contributed by atoms with Crippen LogP contribution in [0.3, 0.4) is 0 Å². The molecule has 142 valence electrons. The molecule has 1 aromatic rings. The molecule has 1 aromatic carbocycles. The summed E-state index contributed by atoms with van der Waals surface area (Å²) >= 11 is 0. The highest BCUT2D eigenvalue weighted by molar-refractivity contribution is 5.86. The Kier molecular flexibility index (Phi) is 6.65. The second-order valence-electron chi connectivity index (χ2n) is 5.88. The van der Waals surface area contributed by atoms with E-state index in [1.807, 2.05) is 6.07 Å². The molecule has 1 aliphatic heterocycles. The first-order chi connectivity index (χ1) is 12.4. The lowest BCUT2D eigenvalue weighted by molar-refractivity contribution is -0.141. The Morgan fingerprint density at radius 3 is 2.58 bits per heavy atom. The predicted octanol–water partition coefficient (Wildman–Crippen LogP) is 0.436. The molecule has 3 N–H and O–H groups in total. The summed E-state index contributed by atoms with van der Waals surface area (Å²) in [6.07, 6.45) is 0.0147. The Hall–Kier alpha value is -2.97. The van der Waals surface area contributed by atoms with E-state index in [4.69, 9.17) is 14.6 Å². The number of carbonyl (C=O) groups excluding carboxylic acids is 2. The monoisotopic (exact) mass is 365 g/mol. The van der Waals surface area contributed by atoms with Crippen molar-refractivity contribution < 1.29 is 29.0 Å². The van der Waals surface area contributed by atoms with E-state index in [9.17, 15) is 14.4 Å². The Morgan fingerprint density at radius 1 is 1.23 bits per heavy atom.